The molecule has 104 valence electrons. The van der Waals surface area contributed by atoms with E-state index in [1.54, 1.807) is 7.05 Å². The van der Waals surface area contributed by atoms with Gasteiger partial charge in [0.25, 0.3) is 0 Å². The van der Waals surface area contributed by atoms with Gasteiger partial charge in [-0.3, -0.25) is 4.79 Å². The van der Waals surface area contributed by atoms with Crippen molar-refractivity contribution in [3.05, 3.63) is 34.9 Å². The lowest BCUT2D eigenvalue weighted by Crippen LogP contribution is -2.24. The molecule has 0 radical (unpaired) electrons. The molecule has 1 aliphatic rings. The highest BCUT2D eigenvalue weighted by Crippen LogP contribution is 2.40. The number of hydrogen-bond acceptors (Lipinski definition) is 1. The summed E-state index contributed by atoms with van der Waals surface area (Å²) >= 11 is 0. The Labute approximate surface area is 116 Å². The summed E-state index contributed by atoms with van der Waals surface area (Å²) in [5.41, 5.74) is 4.08. The molecule has 1 aromatic carbocycles. The summed E-state index contributed by atoms with van der Waals surface area (Å²) in [4.78, 5) is 11.8. The first-order valence-electron chi connectivity index (χ1n) is 7.40. The maximum atomic E-state index is 11.8. The van der Waals surface area contributed by atoms with Crippen LogP contribution >= 0.6 is 0 Å². The van der Waals surface area contributed by atoms with Crippen molar-refractivity contribution in [2.75, 3.05) is 7.05 Å². The average molecular weight is 259 g/mol. The van der Waals surface area contributed by atoms with Gasteiger partial charge in [0.15, 0.2) is 0 Å². The molecule has 1 amide bonds. The lowest BCUT2D eigenvalue weighted by molar-refractivity contribution is -0.121. The number of nitrogens with one attached hydrogen (secondary N) is 1. The minimum absolute atomic E-state index is 0.165. The van der Waals surface area contributed by atoms with Gasteiger partial charge in [-0.15, -0.1) is 0 Å². The van der Waals surface area contributed by atoms with E-state index in [1.165, 1.54) is 42.4 Å². The Morgan fingerprint density at radius 2 is 2.00 bits per heavy atom. The first kappa shape index (κ1) is 14.1. The van der Waals surface area contributed by atoms with Gasteiger partial charge >= 0.3 is 0 Å². The van der Waals surface area contributed by atoms with Crippen molar-refractivity contribution in [1.29, 1.82) is 0 Å². The minimum Gasteiger partial charge on any atom is -0.359 e. The average Bonchev–Trinajstić information content (AvgIpc) is 2.93. The third kappa shape index (κ3) is 3.17. The number of carbonyl (C=O) groups excluding carboxylic acids is 1. The number of amides is 1. The van der Waals surface area contributed by atoms with E-state index >= 15 is 0 Å². The van der Waals surface area contributed by atoms with Crippen LogP contribution in [0.3, 0.4) is 0 Å². The zero-order valence-electron chi connectivity index (χ0n) is 12.3. The molecule has 0 bridgehead atoms. The third-order valence-electron chi connectivity index (χ3n) is 4.70. The molecule has 0 heterocycles. The summed E-state index contributed by atoms with van der Waals surface area (Å²) in [6.07, 6.45) is 5.81. The van der Waals surface area contributed by atoms with Crippen molar-refractivity contribution in [2.24, 2.45) is 5.92 Å². The number of aryl methyl sites for hydroxylation is 1. The quantitative estimate of drug-likeness (QED) is 0.877. The largest absolute Gasteiger partial charge is 0.359 e. The highest BCUT2D eigenvalue weighted by molar-refractivity contribution is 5.76. The summed E-state index contributed by atoms with van der Waals surface area (Å²) in [6.45, 7) is 4.35. The Kier molecular flexibility index (Phi) is 4.62. The lowest BCUT2D eigenvalue weighted by atomic mass is 9.79. The highest BCUT2D eigenvalue weighted by Gasteiger charge is 2.29. The van der Waals surface area contributed by atoms with Gasteiger partial charge in [-0.2, -0.15) is 0 Å². The van der Waals surface area contributed by atoms with Crippen LogP contribution in [-0.2, 0) is 4.79 Å². The molecule has 0 aliphatic heterocycles. The van der Waals surface area contributed by atoms with Gasteiger partial charge in [0.05, 0.1) is 0 Å². The van der Waals surface area contributed by atoms with Crippen molar-refractivity contribution in [1.82, 2.24) is 5.32 Å². The first-order chi connectivity index (χ1) is 9.13. The first-order valence-corrected chi connectivity index (χ1v) is 7.40. The molecular weight excluding hydrogens is 234 g/mol. The van der Waals surface area contributed by atoms with Crippen molar-refractivity contribution in [3.8, 4) is 0 Å². The molecule has 19 heavy (non-hydrogen) atoms. The van der Waals surface area contributed by atoms with Gasteiger partial charge in [-0.05, 0) is 55.2 Å². The van der Waals surface area contributed by atoms with Crippen molar-refractivity contribution < 1.29 is 4.79 Å². The van der Waals surface area contributed by atoms with Crippen LogP contribution in [0.4, 0.5) is 0 Å². The SMILES string of the molecule is CNC(=O)CC(c1cccc(C)c1C)C1CCCC1. The standard InChI is InChI=1S/C17H25NO/c1-12-7-6-10-15(13(12)2)16(11-17(19)18-3)14-8-4-5-9-14/h6-7,10,14,16H,4-5,8-9,11H2,1-3H3,(H,18,19). The van der Waals surface area contributed by atoms with Crippen LogP contribution in [0.1, 0.15) is 54.7 Å². The van der Waals surface area contributed by atoms with Crippen LogP contribution in [-0.4, -0.2) is 13.0 Å². The molecule has 0 spiro atoms. The molecule has 1 atom stereocenters. The van der Waals surface area contributed by atoms with Gasteiger partial charge in [0.2, 0.25) is 5.91 Å². The van der Waals surface area contributed by atoms with Crippen molar-refractivity contribution in [3.63, 3.8) is 0 Å². The Morgan fingerprint density at radius 1 is 1.32 bits per heavy atom. The van der Waals surface area contributed by atoms with E-state index in [4.69, 9.17) is 0 Å². The summed E-state index contributed by atoms with van der Waals surface area (Å²) in [5.74, 6) is 1.23. The number of benzene rings is 1. The predicted octanol–water partition coefficient (Wildman–Crippen LogP) is 3.71. The fraction of sp³-hybridized carbons (Fsp3) is 0.588. The summed E-state index contributed by atoms with van der Waals surface area (Å²) in [7, 11) is 1.73. The molecule has 1 N–H and O–H groups in total. The third-order valence-corrected chi connectivity index (χ3v) is 4.70. The van der Waals surface area contributed by atoms with E-state index in [2.05, 4.69) is 37.4 Å². The zero-order chi connectivity index (χ0) is 13.8. The topological polar surface area (TPSA) is 29.1 Å². The molecule has 2 rings (SSSR count). The van der Waals surface area contributed by atoms with Gasteiger partial charge in [0.1, 0.15) is 0 Å². The zero-order valence-corrected chi connectivity index (χ0v) is 12.3. The fourth-order valence-electron chi connectivity index (χ4n) is 3.37. The van der Waals surface area contributed by atoms with E-state index in [9.17, 15) is 4.79 Å². The smallest absolute Gasteiger partial charge is 0.220 e. The molecule has 2 nitrogen and oxygen atoms in total. The van der Waals surface area contributed by atoms with Crippen LogP contribution in [0, 0.1) is 19.8 Å². The van der Waals surface area contributed by atoms with Crippen LogP contribution in [0.25, 0.3) is 0 Å². The molecule has 2 heteroatoms. The van der Waals surface area contributed by atoms with Crippen molar-refractivity contribution >= 4 is 5.91 Å². The summed E-state index contributed by atoms with van der Waals surface area (Å²) in [5, 5.41) is 2.78. The van der Waals surface area contributed by atoms with E-state index in [0.29, 0.717) is 18.3 Å². The minimum atomic E-state index is 0.165. The number of rotatable bonds is 4. The van der Waals surface area contributed by atoms with Gasteiger partial charge in [0, 0.05) is 13.5 Å². The van der Waals surface area contributed by atoms with Crippen LogP contribution in [0.5, 0.6) is 0 Å². The molecule has 0 saturated heterocycles. The fourth-order valence-corrected chi connectivity index (χ4v) is 3.37. The van der Waals surface area contributed by atoms with Gasteiger partial charge in [-0.1, -0.05) is 31.0 Å². The van der Waals surface area contributed by atoms with Gasteiger partial charge in [-0.25, -0.2) is 0 Å². The van der Waals surface area contributed by atoms with E-state index in [1.807, 2.05) is 0 Å². The maximum Gasteiger partial charge on any atom is 0.220 e. The highest BCUT2D eigenvalue weighted by atomic mass is 16.1. The van der Waals surface area contributed by atoms with E-state index < -0.39 is 0 Å². The summed E-state index contributed by atoms with van der Waals surface area (Å²) < 4.78 is 0. The molecule has 1 fully saturated rings. The Balaban J connectivity index is 2.30. The monoisotopic (exact) mass is 259 g/mol. The number of hydrogen-bond donors (Lipinski definition) is 1. The van der Waals surface area contributed by atoms with Crippen molar-refractivity contribution in [2.45, 2.75) is 51.9 Å². The second-order valence-electron chi connectivity index (χ2n) is 5.82. The van der Waals surface area contributed by atoms with E-state index in [0.717, 1.165) is 0 Å². The predicted molar refractivity (Wildman–Crippen MR) is 79.3 cm³/mol. The Morgan fingerprint density at radius 3 is 2.63 bits per heavy atom. The lowest BCUT2D eigenvalue weighted by Gasteiger charge is -2.25. The Bertz CT molecular complexity index is 447. The van der Waals surface area contributed by atoms with Gasteiger partial charge < -0.3 is 5.32 Å². The molecule has 1 unspecified atom stereocenters. The second kappa shape index (κ2) is 6.23. The second-order valence-corrected chi connectivity index (χ2v) is 5.82. The number of carbonyl (C=O) groups is 1. The van der Waals surface area contributed by atoms with E-state index in [-0.39, 0.29) is 5.91 Å². The van der Waals surface area contributed by atoms with Crippen LogP contribution < -0.4 is 5.32 Å². The van der Waals surface area contributed by atoms with Crippen LogP contribution in [0.15, 0.2) is 18.2 Å². The van der Waals surface area contributed by atoms with Crippen LogP contribution in [0.2, 0.25) is 0 Å². The normalized spacial score (nSPS) is 17.4. The molecule has 1 saturated carbocycles. The Hall–Kier alpha value is -1.31. The summed E-state index contributed by atoms with van der Waals surface area (Å²) in [6, 6.07) is 6.50. The molecular formula is C17H25NO. The molecule has 1 aromatic rings. The maximum absolute atomic E-state index is 11.8. The molecule has 1 aliphatic carbocycles. The molecule has 0 aromatic heterocycles.